The maximum atomic E-state index is 13.3. The van der Waals surface area contributed by atoms with Crippen LogP contribution in [-0.4, -0.2) is 16.7 Å². The third kappa shape index (κ3) is 3.74. The van der Waals surface area contributed by atoms with Crippen molar-refractivity contribution in [3.05, 3.63) is 112 Å². The van der Waals surface area contributed by atoms with E-state index in [-0.39, 0.29) is 11.7 Å². The number of fused-ring (bicyclic) bond motifs is 2. The molecule has 1 amide bonds. The van der Waals surface area contributed by atoms with Gasteiger partial charge in [0.25, 0.3) is 5.91 Å². The van der Waals surface area contributed by atoms with Gasteiger partial charge in [0.05, 0.1) is 16.8 Å². The van der Waals surface area contributed by atoms with E-state index >= 15 is 0 Å². The van der Waals surface area contributed by atoms with Crippen LogP contribution in [-0.2, 0) is 0 Å². The summed E-state index contributed by atoms with van der Waals surface area (Å²) in [6.45, 7) is 3.76. The molecule has 0 aliphatic heterocycles. The quantitative estimate of drug-likeness (QED) is 0.173. The van der Waals surface area contributed by atoms with Gasteiger partial charge in [-0.1, -0.05) is 60.1 Å². The third-order valence-corrected chi connectivity index (χ3v) is 6.43. The molecule has 0 spiro atoms. The van der Waals surface area contributed by atoms with E-state index in [1.807, 2.05) is 66.9 Å². The first kappa shape index (κ1) is 21.9. The molecular weight excluding hydrogens is 449 g/mol. The van der Waals surface area contributed by atoms with E-state index in [4.69, 9.17) is 11.6 Å². The van der Waals surface area contributed by atoms with E-state index in [1.54, 1.807) is 24.4 Å². The number of aryl methyl sites for hydroxylation is 1. The zero-order chi connectivity index (χ0) is 23.8. The van der Waals surface area contributed by atoms with Crippen molar-refractivity contribution in [2.45, 2.75) is 13.8 Å². The molecule has 34 heavy (non-hydrogen) atoms. The fraction of sp³-hybridized carbons (Fsp3) is 0.0714. The van der Waals surface area contributed by atoms with Crippen LogP contribution in [0.15, 0.2) is 84.0 Å². The lowest BCUT2D eigenvalue weighted by Gasteiger charge is -2.11. The van der Waals surface area contributed by atoms with Gasteiger partial charge in [-0.3, -0.25) is 4.79 Å². The van der Waals surface area contributed by atoms with Gasteiger partial charge in [0.15, 0.2) is 0 Å². The zero-order valence-corrected chi connectivity index (χ0v) is 19.4. The van der Waals surface area contributed by atoms with Crippen LogP contribution < -0.4 is 5.43 Å². The summed E-state index contributed by atoms with van der Waals surface area (Å²) in [5.74, 6) is -0.624. The minimum absolute atomic E-state index is 0.305. The largest absolute Gasteiger partial charge is 0.318 e. The smallest absolute Gasteiger partial charge is 0.273 e. The molecule has 0 saturated carbocycles. The Balaban J connectivity index is 1.49. The third-order valence-electron chi connectivity index (χ3n) is 6.03. The number of hydrazone groups is 1. The highest BCUT2D eigenvalue weighted by atomic mass is 35.5. The van der Waals surface area contributed by atoms with Gasteiger partial charge in [0.2, 0.25) is 0 Å². The van der Waals surface area contributed by atoms with Crippen molar-refractivity contribution < 1.29 is 9.18 Å². The van der Waals surface area contributed by atoms with E-state index in [0.29, 0.717) is 10.6 Å². The first-order chi connectivity index (χ1) is 16.5. The second-order valence-corrected chi connectivity index (χ2v) is 8.49. The summed E-state index contributed by atoms with van der Waals surface area (Å²) in [6, 6.07) is 23.7. The number of nitrogens with zero attached hydrogens (tertiary/aromatic N) is 2. The van der Waals surface area contributed by atoms with Crippen LogP contribution in [0.2, 0.25) is 5.02 Å². The highest BCUT2D eigenvalue weighted by Crippen LogP contribution is 2.35. The fourth-order valence-corrected chi connectivity index (χ4v) is 4.77. The van der Waals surface area contributed by atoms with E-state index in [1.165, 1.54) is 12.1 Å². The predicted octanol–water partition coefficient (Wildman–Crippen LogP) is 6.96. The molecule has 5 aromatic rings. The number of amides is 1. The lowest BCUT2D eigenvalue weighted by Crippen LogP contribution is -2.18. The van der Waals surface area contributed by atoms with Gasteiger partial charge in [-0.2, -0.15) is 5.10 Å². The van der Waals surface area contributed by atoms with Gasteiger partial charge in [0.1, 0.15) is 5.82 Å². The minimum atomic E-state index is -0.319. The topological polar surface area (TPSA) is 46.4 Å². The van der Waals surface area contributed by atoms with Crippen molar-refractivity contribution in [3.63, 3.8) is 0 Å². The lowest BCUT2D eigenvalue weighted by molar-refractivity contribution is 0.0954. The second kappa shape index (κ2) is 8.76. The normalized spacial score (nSPS) is 11.5. The number of nitrogens with one attached hydrogen (secondary N) is 1. The van der Waals surface area contributed by atoms with Crippen molar-refractivity contribution in [1.29, 1.82) is 0 Å². The summed E-state index contributed by atoms with van der Waals surface area (Å²) in [4.78, 5) is 13.0. The Hall–Kier alpha value is -3.96. The van der Waals surface area contributed by atoms with Crippen LogP contribution >= 0.6 is 11.6 Å². The number of hydrogen-bond acceptors (Lipinski definition) is 2. The zero-order valence-electron chi connectivity index (χ0n) is 18.6. The van der Waals surface area contributed by atoms with Crippen molar-refractivity contribution in [3.8, 4) is 5.69 Å². The highest BCUT2D eigenvalue weighted by molar-refractivity contribution is 6.42. The molecule has 0 aliphatic rings. The molecule has 168 valence electrons. The van der Waals surface area contributed by atoms with Gasteiger partial charge in [-0.15, -0.1) is 0 Å². The fourth-order valence-electron chi connectivity index (χ4n) is 4.44. The summed E-state index contributed by atoms with van der Waals surface area (Å²) in [5.41, 5.74) is 6.45. The molecule has 6 heteroatoms. The molecule has 0 aliphatic carbocycles. The Morgan fingerprint density at radius 1 is 0.912 bits per heavy atom. The Morgan fingerprint density at radius 2 is 1.47 bits per heavy atom. The van der Waals surface area contributed by atoms with Crippen LogP contribution in [0.25, 0.3) is 27.2 Å². The average molecular weight is 470 g/mol. The van der Waals surface area contributed by atoms with E-state index < -0.39 is 0 Å². The molecule has 4 nitrogen and oxygen atoms in total. The van der Waals surface area contributed by atoms with Gasteiger partial charge < -0.3 is 4.57 Å². The summed E-state index contributed by atoms with van der Waals surface area (Å²) >= 11 is 6.67. The molecule has 0 fully saturated rings. The summed E-state index contributed by atoms with van der Waals surface area (Å²) in [5, 5.41) is 8.75. The van der Waals surface area contributed by atoms with Crippen LogP contribution in [0.3, 0.4) is 0 Å². The Kier molecular flexibility index (Phi) is 5.64. The first-order valence-corrected chi connectivity index (χ1v) is 11.2. The summed E-state index contributed by atoms with van der Waals surface area (Å²) < 4.78 is 15.3. The molecule has 4 aromatic carbocycles. The molecule has 0 unspecified atom stereocenters. The monoisotopic (exact) mass is 469 g/mol. The van der Waals surface area contributed by atoms with Gasteiger partial charge in [-0.05, 0) is 55.0 Å². The molecular formula is C28H21ClFN3O. The van der Waals surface area contributed by atoms with E-state index in [9.17, 15) is 9.18 Å². The summed E-state index contributed by atoms with van der Waals surface area (Å²) in [6.07, 6.45) is 1.66. The first-order valence-electron chi connectivity index (χ1n) is 10.8. The number of aromatic nitrogens is 1. The lowest BCUT2D eigenvalue weighted by atomic mass is 9.97. The Bertz CT molecular complexity index is 1530. The van der Waals surface area contributed by atoms with Crippen molar-refractivity contribution in [2.24, 2.45) is 5.10 Å². The van der Waals surface area contributed by atoms with Gasteiger partial charge in [-0.25, -0.2) is 9.82 Å². The highest BCUT2D eigenvalue weighted by Gasteiger charge is 2.17. The number of hydrogen-bond donors (Lipinski definition) is 1. The van der Waals surface area contributed by atoms with E-state index in [2.05, 4.69) is 10.5 Å². The number of carbonyl (C=O) groups excluding carboxylic acids is 1. The number of halogens is 2. The minimum Gasteiger partial charge on any atom is -0.318 e. The van der Waals surface area contributed by atoms with Crippen molar-refractivity contribution >= 4 is 45.3 Å². The maximum absolute atomic E-state index is 13.3. The van der Waals surface area contributed by atoms with E-state index in [0.717, 1.165) is 44.2 Å². The number of carbonyl (C=O) groups is 1. The molecule has 1 heterocycles. The number of benzene rings is 4. The molecule has 0 saturated heterocycles. The molecule has 0 bridgehead atoms. The molecule has 1 N–H and O–H groups in total. The maximum Gasteiger partial charge on any atom is 0.273 e. The van der Waals surface area contributed by atoms with Crippen molar-refractivity contribution in [2.75, 3.05) is 0 Å². The van der Waals surface area contributed by atoms with Crippen LogP contribution in [0.1, 0.15) is 27.3 Å². The van der Waals surface area contributed by atoms with Gasteiger partial charge >= 0.3 is 0 Å². The van der Waals surface area contributed by atoms with Crippen LogP contribution in [0.5, 0.6) is 0 Å². The Labute approximate surface area is 201 Å². The van der Waals surface area contributed by atoms with Crippen LogP contribution in [0, 0.1) is 19.7 Å². The standard InChI is InChI=1S/C28H21ClFN3O/c1-17-15-25(18(2)33(17)20-13-11-19(30)12-14-20)28(34)32-31-16-26-21-7-3-5-9-23(21)27(29)24-10-6-4-8-22(24)26/h3-16H,1-2H3,(H,32,34)/b31-16-. The predicted molar refractivity (Wildman–Crippen MR) is 137 cm³/mol. The van der Waals surface area contributed by atoms with Crippen LogP contribution in [0.4, 0.5) is 4.39 Å². The summed E-state index contributed by atoms with van der Waals surface area (Å²) in [7, 11) is 0. The second-order valence-electron chi connectivity index (χ2n) is 8.11. The average Bonchev–Trinajstić information content (AvgIpc) is 3.15. The molecule has 0 atom stereocenters. The molecule has 0 radical (unpaired) electrons. The molecule has 1 aromatic heterocycles. The Morgan fingerprint density at radius 3 is 2.06 bits per heavy atom. The molecule has 5 rings (SSSR count). The number of rotatable bonds is 4. The van der Waals surface area contributed by atoms with Gasteiger partial charge in [0, 0.05) is 33.4 Å². The SMILES string of the molecule is Cc1cc(C(=O)N/N=C\c2c3ccccc3c(Cl)c3ccccc23)c(C)n1-c1ccc(F)cc1. The van der Waals surface area contributed by atoms with Crippen molar-refractivity contribution in [1.82, 2.24) is 9.99 Å².